The zero-order valence-corrected chi connectivity index (χ0v) is 8.87. The highest BCUT2D eigenvalue weighted by atomic mass is 16.5. The summed E-state index contributed by atoms with van der Waals surface area (Å²) in [6.07, 6.45) is 2.09. The second-order valence-corrected chi connectivity index (χ2v) is 3.69. The van der Waals surface area contributed by atoms with Crippen LogP contribution in [0.4, 0.5) is 0 Å². The van der Waals surface area contributed by atoms with E-state index in [0.717, 1.165) is 32.6 Å². The number of nitrogens with one attached hydrogen (secondary N) is 1. The monoisotopic (exact) mass is 203 g/mol. The van der Waals surface area contributed by atoms with Crippen molar-refractivity contribution in [1.82, 2.24) is 5.32 Å². The molecule has 0 saturated carbocycles. The summed E-state index contributed by atoms with van der Waals surface area (Å²) >= 11 is 0. The second kappa shape index (κ2) is 7.17. The number of ether oxygens (including phenoxy) is 2. The van der Waals surface area contributed by atoms with Crippen LogP contribution in [0, 0.1) is 5.92 Å². The van der Waals surface area contributed by atoms with E-state index in [2.05, 4.69) is 5.32 Å². The van der Waals surface area contributed by atoms with Gasteiger partial charge in [-0.05, 0) is 18.8 Å². The molecular formula is C10H21NO3. The van der Waals surface area contributed by atoms with Gasteiger partial charge in [0, 0.05) is 32.9 Å². The van der Waals surface area contributed by atoms with Gasteiger partial charge in [-0.3, -0.25) is 0 Å². The van der Waals surface area contributed by atoms with Gasteiger partial charge in [0.05, 0.1) is 13.2 Å². The molecule has 0 aliphatic carbocycles. The standard InChI is InChI=1S/C10H21NO3/c1-13-7-4-11-10(8-12)9-2-5-14-6-3-9/h9-12H,2-8H2,1H3. The van der Waals surface area contributed by atoms with E-state index in [4.69, 9.17) is 9.47 Å². The molecule has 4 nitrogen and oxygen atoms in total. The summed E-state index contributed by atoms with van der Waals surface area (Å²) in [5, 5.41) is 12.5. The molecule has 0 aromatic carbocycles. The minimum absolute atomic E-state index is 0.203. The molecule has 0 bridgehead atoms. The molecule has 0 aromatic heterocycles. The van der Waals surface area contributed by atoms with Crippen LogP contribution in [0.25, 0.3) is 0 Å². The average molecular weight is 203 g/mol. The van der Waals surface area contributed by atoms with Gasteiger partial charge < -0.3 is 19.9 Å². The van der Waals surface area contributed by atoms with Gasteiger partial charge in [0.2, 0.25) is 0 Å². The SMILES string of the molecule is COCCNC(CO)C1CCOCC1. The van der Waals surface area contributed by atoms with Crippen molar-refractivity contribution < 1.29 is 14.6 Å². The Labute approximate surface area is 85.6 Å². The lowest BCUT2D eigenvalue weighted by Crippen LogP contribution is -2.42. The minimum atomic E-state index is 0.203. The van der Waals surface area contributed by atoms with E-state index in [9.17, 15) is 5.11 Å². The van der Waals surface area contributed by atoms with E-state index in [1.807, 2.05) is 0 Å². The lowest BCUT2D eigenvalue weighted by Gasteiger charge is -2.29. The number of aliphatic hydroxyl groups is 1. The lowest BCUT2D eigenvalue weighted by atomic mass is 9.92. The summed E-state index contributed by atoms with van der Waals surface area (Å²) in [7, 11) is 1.68. The highest BCUT2D eigenvalue weighted by Crippen LogP contribution is 2.18. The van der Waals surface area contributed by atoms with Crippen molar-refractivity contribution in [3.8, 4) is 0 Å². The minimum Gasteiger partial charge on any atom is -0.395 e. The number of rotatable bonds is 6. The molecule has 0 spiro atoms. The molecule has 1 fully saturated rings. The van der Waals surface area contributed by atoms with E-state index in [0.29, 0.717) is 12.5 Å². The van der Waals surface area contributed by atoms with Gasteiger partial charge >= 0.3 is 0 Å². The maximum absolute atomic E-state index is 9.23. The number of hydrogen-bond donors (Lipinski definition) is 2. The molecule has 14 heavy (non-hydrogen) atoms. The summed E-state index contributed by atoms with van der Waals surface area (Å²) in [6, 6.07) is 0.203. The molecule has 2 N–H and O–H groups in total. The van der Waals surface area contributed by atoms with Crippen molar-refractivity contribution in [3.05, 3.63) is 0 Å². The third-order valence-corrected chi connectivity index (χ3v) is 2.74. The fraction of sp³-hybridized carbons (Fsp3) is 1.00. The fourth-order valence-electron chi connectivity index (χ4n) is 1.84. The van der Waals surface area contributed by atoms with E-state index in [1.165, 1.54) is 0 Å². The van der Waals surface area contributed by atoms with Crippen LogP contribution in [0.3, 0.4) is 0 Å². The lowest BCUT2D eigenvalue weighted by molar-refractivity contribution is 0.0424. The highest BCUT2D eigenvalue weighted by Gasteiger charge is 2.22. The van der Waals surface area contributed by atoms with Gasteiger partial charge in [0.25, 0.3) is 0 Å². The zero-order valence-electron chi connectivity index (χ0n) is 8.87. The first kappa shape index (κ1) is 11.9. The Morgan fingerprint density at radius 2 is 2.21 bits per heavy atom. The second-order valence-electron chi connectivity index (χ2n) is 3.69. The molecule has 1 heterocycles. The van der Waals surface area contributed by atoms with Crippen LogP contribution >= 0.6 is 0 Å². The Morgan fingerprint density at radius 3 is 2.79 bits per heavy atom. The molecule has 4 heteroatoms. The van der Waals surface area contributed by atoms with Crippen LogP contribution in [-0.4, -0.2) is 51.2 Å². The quantitative estimate of drug-likeness (QED) is 0.597. The van der Waals surface area contributed by atoms with Crippen LogP contribution in [0.1, 0.15) is 12.8 Å². The molecule has 1 rings (SSSR count). The van der Waals surface area contributed by atoms with Crippen LogP contribution in [0.5, 0.6) is 0 Å². The Morgan fingerprint density at radius 1 is 1.50 bits per heavy atom. The predicted molar refractivity (Wildman–Crippen MR) is 54.3 cm³/mol. The van der Waals surface area contributed by atoms with Crippen molar-refractivity contribution in [1.29, 1.82) is 0 Å². The van der Waals surface area contributed by atoms with Gasteiger partial charge in [-0.1, -0.05) is 0 Å². The van der Waals surface area contributed by atoms with E-state index in [1.54, 1.807) is 7.11 Å². The first-order valence-corrected chi connectivity index (χ1v) is 5.29. The molecule has 1 unspecified atom stereocenters. The highest BCUT2D eigenvalue weighted by molar-refractivity contribution is 4.77. The summed E-state index contributed by atoms with van der Waals surface area (Å²) in [4.78, 5) is 0. The summed E-state index contributed by atoms with van der Waals surface area (Å²) < 4.78 is 10.2. The summed E-state index contributed by atoms with van der Waals surface area (Å²) in [5.74, 6) is 0.547. The Balaban J connectivity index is 2.21. The van der Waals surface area contributed by atoms with Crippen LogP contribution < -0.4 is 5.32 Å². The van der Waals surface area contributed by atoms with Crippen molar-refractivity contribution in [2.75, 3.05) is 40.1 Å². The molecule has 1 atom stereocenters. The maximum atomic E-state index is 9.23. The molecule has 1 saturated heterocycles. The van der Waals surface area contributed by atoms with Crippen LogP contribution in [0.15, 0.2) is 0 Å². The number of aliphatic hydroxyl groups excluding tert-OH is 1. The van der Waals surface area contributed by atoms with Gasteiger partial charge in [-0.15, -0.1) is 0 Å². The Kier molecular flexibility index (Phi) is 6.10. The molecule has 1 aliphatic rings. The van der Waals surface area contributed by atoms with Crippen LogP contribution in [0.2, 0.25) is 0 Å². The van der Waals surface area contributed by atoms with E-state index in [-0.39, 0.29) is 12.6 Å². The number of methoxy groups -OCH3 is 1. The molecule has 0 radical (unpaired) electrons. The average Bonchev–Trinajstić information content (AvgIpc) is 2.26. The normalized spacial score (nSPS) is 21.0. The molecule has 0 aromatic rings. The van der Waals surface area contributed by atoms with E-state index >= 15 is 0 Å². The molecule has 0 amide bonds. The van der Waals surface area contributed by atoms with Crippen molar-refractivity contribution in [2.24, 2.45) is 5.92 Å². The van der Waals surface area contributed by atoms with Gasteiger partial charge in [-0.25, -0.2) is 0 Å². The van der Waals surface area contributed by atoms with Gasteiger partial charge in [0.15, 0.2) is 0 Å². The fourth-order valence-corrected chi connectivity index (χ4v) is 1.84. The molecular weight excluding hydrogens is 182 g/mol. The van der Waals surface area contributed by atoms with Crippen molar-refractivity contribution in [2.45, 2.75) is 18.9 Å². The first-order valence-electron chi connectivity index (χ1n) is 5.29. The number of hydrogen-bond acceptors (Lipinski definition) is 4. The first-order chi connectivity index (χ1) is 6.88. The predicted octanol–water partition coefficient (Wildman–Crippen LogP) is 0.00990. The Bertz CT molecular complexity index is 137. The maximum Gasteiger partial charge on any atom is 0.0587 e. The zero-order chi connectivity index (χ0) is 10.2. The smallest absolute Gasteiger partial charge is 0.0587 e. The van der Waals surface area contributed by atoms with Crippen LogP contribution in [-0.2, 0) is 9.47 Å². The largest absolute Gasteiger partial charge is 0.395 e. The van der Waals surface area contributed by atoms with Gasteiger partial charge in [0.1, 0.15) is 0 Å². The Hall–Kier alpha value is -0.160. The van der Waals surface area contributed by atoms with Gasteiger partial charge in [-0.2, -0.15) is 0 Å². The van der Waals surface area contributed by atoms with E-state index < -0.39 is 0 Å². The molecule has 84 valence electrons. The summed E-state index contributed by atoms with van der Waals surface area (Å²) in [5.41, 5.74) is 0. The van der Waals surface area contributed by atoms with Crippen molar-refractivity contribution in [3.63, 3.8) is 0 Å². The third kappa shape index (κ3) is 3.92. The van der Waals surface area contributed by atoms with Crippen molar-refractivity contribution >= 4 is 0 Å². The summed E-state index contributed by atoms with van der Waals surface area (Å²) in [6.45, 7) is 3.35. The topological polar surface area (TPSA) is 50.7 Å². The molecule has 1 aliphatic heterocycles. The third-order valence-electron chi connectivity index (χ3n) is 2.74.